The van der Waals surface area contributed by atoms with Crippen molar-refractivity contribution in [3.8, 4) is 5.75 Å². The topological polar surface area (TPSA) is 127 Å². The number of amides is 3. The van der Waals surface area contributed by atoms with Gasteiger partial charge in [0.25, 0.3) is 5.91 Å². The quantitative estimate of drug-likeness (QED) is 0.464. The van der Waals surface area contributed by atoms with Crippen molar-refractivity contribution in [2.75, 3.05) is 6.61 Å². The van der Waals surface area contributed by atoms with Crippen LogP contribution in [0, 0.1) is 5.92 Å². The lowest BCUT2D eigenvalue weighted by atomic mass is 9.84. The van der Waals surface area contributed by atoms with Gasteiger partial charge in [0.15, 0.2) is 0 Å². The third-order valence-electron chi connectivity index (χ3n) is 7.55. The number of rotatable bonds is 4. The lowest BCUT2D eigenvalue weighted by Crippen LogP contribution is -2.54. The van der Waals surface area contributed by atoms with Crippen LogP contribution in [-0.4, -0.2) is 51.4 Å². The van der Waals surface area contributed by atoms with E-state index >= 15 is 0 Å². The minimum atomic E-state index is -0.827. The maximum Gasteiger partial charge on any atom is 0.252 e. The van der Waals surface area contributed by atoms with Gasteiger partial charge in [0.2, 0.25) is 11.8 Å². The fourth-order valence-electron chi connectivity index (χ4n) is 5.37. The Labute approximate surface area is 233 Å². The number of ether oxygens (including phenoxy) is 1. The van der Waals surface area contributed by atoms with E-state index in [1.54, 1.807) is 35.1 Å². The van der Waals surface area contributed by atoms with Crippen LogP contribution in [-0.2, 0) is 29.1 Å². The molecule has 10 heteroatoms. The third kappa shape index (κ3) is 7.46. The monoisotopic (exact) mass is 544 g/mol. The summed E-state index contributed by atoms with van der Waals surface area (Å²) in [6.07, 6.45) is 8.08. The van der Waals surface area contributed by atoms with Gasteiger partial charge in [0, 0.05) is 12.0 Å². The van der Waals surface area contributed by atoms with Crippen LogP contribution in [0.25, 0.3) is 0 Å². The minimum absolute atomic E-state index is 0.172. The molecule has 10 nitrogen and oxygen atoms in total. The van der Waals surface area contributed by atoms with E-state index in [0.29, 0.717) is 48.9 Å². The molecule has 1 aliphatic heterocycles. The Bertz CT molecular complexity index is 1300. The van der Waals surface area contributed by atoms with Gasteiger partial charge in [-0.1, -0.05) is 73.7 Å². The number of hydrogen-bond acceptors (Lipinski definition) is 6. The van der Waals surface area contributed by atoms with Crippen LogP contribution in [0.4, 0.5) is 0 Å². The number of carbonyl (C=O) groups excluding carboxylic acids is 3. The van der Waals surface area contributed by atoms with E-state index in [9.17, 15) is 14.4 Å². The summed E-state index contributed by atoms with van der Waals surface area (Å²) in [5.74, 6) is -0.160. The first-order chi connectivity index (χ1) is 19.5. The molecule has 3 N–H and O–H groups in total. The first-order valence-corrected chi connectivity index (χ1v) is 14.1. The zero-order valence-corrected chi connectivity index (χ0v) is 22.6. The molecule has 2 aliphatic rings. The second-order valence-electron chi connectivity index (χ2n) is 10.6. The molecule has 3 aromatic rings. The Kier molecular flexibility index (Phi) is 9.05. The SMILES string of the molecule is O=C1N[C@@H](CC2CCCCC2)C(=O)N[C@H](Cc2ccccc2)C(=O)NCc2cn(nn2)CCOc2cccc1c2. The Hall–Kier alpha value is -4.21. The molecule has 1 fully saturated rings. The maximum absolute atomic E-state index is 13.7. The molecule has 2 atom stereocenters. The first kappa shape index (κ1) is 27.4. The second kappa shape index (κ2) is 13.2. The van der Waals surface area contributed by atoms with Gasteiger partial charge in [-0.25, -0.2) is 4.68 Å². The van der Waals surface area contributed by atoms with Gasteiger partial charge in [-0.15, -0.1) is 5.10 Å². The van der Waals surface area contributed by atoms with Crippen molar-refractivity contribution in [1.29, 1.82) is 0 Å². The van der Waals surface area contributed by atoms with Crippen molar-refractivity contribution < 1.29 is 19.1 Å². The Morgan fingerprint density at radius 2 is 1.73 bits per heavy atom. The average molecular weight is 545 g/mol. The molecule has 0 radical (unpaired) electrons. The van der Waals surface area contributed by atoms with Crippen molar-refractivity contribution in [1.82, 2.24) is 30.9 Å². The fourth-order valence-corrected chi connectivity index (χ4v) is 5.37. The molecule has 0 spiro atoms. The van der Waals surface area contributed by atoms with Crippen molar-refractivity contribution >= 4 is 17.7 Å². The molecule has 4 bridgehead atoms. The smallest absolute Gasteiger partial charge is 0.252 e. The molecule has 3 amide bonds. The average Bonchev–Trinajstić information content (AvgIpc) is 3.43. The summed E-state index contributed by atoms with van der Waals surface area (Å²) < 4.78 is 7.49. The second-order valence-corrected chi connectivity index (χ2v) is 10.6. The molecule has 5 rings (SSSR count). The molecule has 1 saturated carbocycles. The molecule has 0 unspecified atom stereocenters. The van der Waals surface area contributed by atoms with Crippen molar-refractivity contribution in [2.24, 2.45) is 5.92 Å². The fraction of sp³-hybridized carbons (Fsp3) is 0.433. The normalized spacial score (nSPS) is 21.2. The van der Waals surface area contributed by atoms with Crippen LogP contribution >= 0.6 is 0 Å². The lowest BCUT2D eigenvalue weighted by Gasteiger charge is -2.28. The molecular formula is C30H36N6O4. The number of hydrogen-bond donors (Lipinski definition) is 3. The number of benzene rings is 2. The molecule has 2 aromatic carbocycles. The highest BCUT2D eigenvalue weighted by Crippen LogP contribution is 2.27. The highest BCUT2D eigenvalue weighted by atomic mass is 16.5. The summed E-state index contributed by atoms with van der Waals surface area (Å²) in [6.45, 7) is 0.949. The van der Waals surface area contributed by atoms with Crippen molar-refractivity contribution in [2.45, 2.75) is 70.1 Å². The molecule has 1 aliphatic carbocycles. The van der Waals surface area contributed by atoms with Gasteiger partial charge in [0.05, 0.1) is 19.3 Å². The Morgan fingerprint density at radius 1 is 0.900 bits per heavy atom. The van der Waals surface area contributed by atoms with E-state index in [0.717, 1.165) is 31.2 Å². The van der Waals surface area contributed by atoms with E-state index in [-0.39, 0.29) is 24.3 Å². The standard InChI is InChI=1S/C30H36N6O4/c37-28-23-12-7-13-25(18-23)40-15-14-36-20-24(34-35-36)19-31-29(38)26(16-21-8-3-1-4-9-21)33-30(39)27(32-28)17-22-10-5-2-6-11-22/h1,3-4,7-9,12-13,18,20,22,26-27H,2,5-6,10-11,14-17,19H2,(H,31,38)(H,32,37)(H,33,39)/t26-,27+/m1/s1. The Balaban J connectivity index is 1.42. The van der Waals surface area contributed by atoms with Crippen molar-refractivity contribution in [3.63, 3.8) is 0 Å². The van der Waals surface area contributed by atoms with Crippen molar-refractivity contribution in [3.05, 3.63) is 77.6 Å². The van der Waals surface area contributed by atoms with E-state index in [2.05, 4.69) is 26.3 Å². The van der Waals surface area contributed by atoms with Crippen LogP contribution < -0.4 is 20.7 Å². The van der Waals surface area contributed by atoms with Gasteiger partial charge >= 0.3 is 0 Å². The number of nitrogens with one attached hydrogen (secondary N) is 3. The van der Waals surface area contributed by atoms with Crippen LogP contribution in [0.3, 0.4) is 0 Å². The van der Waals surface area contributed by atoms with E-state index in [4.69, 9.17) is 4.74 Å². The lowest BCUT2D eigenvalue weighted by molar-refractivity contribution is -0.130. The summed E-state index contributed by atoms with van der Waals surface area (Å²) in [4.78, 5) is 40.4. The highest BCUT2D eigenvalue weighted by molar-refractivity contribution is 5.98. The number of fused-ring (bicyclic) bond motifs is 4. The summed E-state index contributed by atoms with van der Waals surface area (Å²) in [5.41, 5.74) is 1.92. The van der Waals surface area contributed by atoms with Gasteiger partial charge in [-0.2, -0.15) is 0 Å². The first-order valence-electron chi connectivity index (χ1n) is 14.1. The van der Waals surface area contributed by atoms with Gasteiger partial charge < -0.3 is 20.7 Å². The third-order valence-corrected chi connectivity index (χ3v) is 7.55. The molecule has 40 heavy (non-hydrogen) atoms. The molecule has 0 saturated heterocycles. The Morgan fingerprint density at radius 3 is 2.55 bits per heavy atom. The highest BCUT2D eigenvalue weighted by Gasteiger charge is 2.30. The molecule has 1 aromatic heterocycles. The minimum Gasteiger partial charge on any atom is -0.492 e. The van der Waals surface area contributed by atoms with E-state index < -0.39 is 12.1 Å². The van der Waals surface area contributed by atoms with Gasteiger partial charge in [-0.05, 0) is 36.1 Å². The van der Waals surface area contributed by atoms with Gasteiger partial charge in [-0.3, -0.25) is 14.4 Å². The summed E-state index contributed by atoms with van der Waals surface area (Å²) in [7, 11) is 0. The molecular weight excluding hydrogens is 508 g/mol. The summed E-state index contributed by atoms with van der Waals surface area (Å²) >= 11 is 0. The van der Waals surface area contributed by atoms with Gasteiger partial charge in [0.1, 0.15) is 30.1 Å². The van der Waals surface area contributed by atoms with Crippen LogP contribution in [0.5, 0.6) is 5.75 Å². The largest absolute Gasteiger partial charge is 0.492 e. The summed E-state index contributed by atoms with van der Waals surface area (Å²) in [6, 6.07) is 14.9. The number of aromatic nitrogens is 3. The number of carbonyl (C=O) groups is 3. The van der Waals surface area contributed by atoms with E-state index in [1.807, 2.05) is 30.3 Å². The van der Waals surface area contributed by atoms with Crippen LogP contribution in [0.2, 0.25) is 0 Å². The molecule has 2 heterocycles. The predicted molar refractivity (Wildman–Crippen MR) is 148 cm³/mol. The van der Waals surface area contributed by atoms with Crippen LogP contribution in [0.1, 0.15) is 60.1 Å². The zero-order chi connectivity index (χ0) is 27.7. The maximum atomic E-state index is 13.7. The molecule has 210 valence electrons. The zero-order valence-electron chi connectivity index (χ0n) is 22.6. The van der Waals surface area contributed by atoms with E-state index in [1.165, 1.54) is 6.42 Å². The number of nitrogens with zero attached hydrogens (tertiary/aromatic N) is 3. The summed E-state index contributed by atoms with van der Waals surface area (Å²) in [5, 5.41) is 17.1. The predicted octanol–water partition coefficient (Wildman–Crippen LogP) is 2.78. The van der Waals surface area contributed by atoms with Crippen LogP contribution in [0.15, 0.2) is 60.8 Å².